The molecule has 27 heavy (non-hydrogen) atoms. The van der Waals surface area contributed by atoms with Crippen molar-refractivity contribution in [1.29, 1.82) is 0 Å². The Bertz CT molecular complexity index is 813. The van der Waals surface area contributed by atoms with E-state index >= 15 is 0 Å². The minimum absolute atomic E-state index is 0.0430. The van der Waals surface area contributed by atoms with Crippen LogP contribution in [0.5, 0.6) is 0 Å². The van der Waals surface area contributed by atoms with Crippen LogP contribution in [-0.2, 0) is 21.5 Å². The summed E-state index contributed by atoms with van der Waals surface area (Å²) in [6.07, 6.45) is 8.92. The van der Waals surface area contributed by atoms with Crippen molar-refractivity contribution in [2.45, 2.75) is 44.6 Å². The van der Waals surface area contributed by atoms with Crippen LogP contribution in [-0.4, -0.2) is 56.0 Å². The van der Waals surface area contributed by atoms with Crippen LogP contribution in [0.1, 0.15) is 37.4 Å². The fourth-order valence-electron chi connectivity index (χ4n) is 3.65. The number of piperidine rings is 1. The average Bonchev–Trinajstić information content (AvgIpc) is 3.14. The Labute approximate surface area is 157 Å². The SMILES string of the molecule is Cc1noc(CC(=O)N2CCCC(C(=O)NCC3CC3)(n3ccnc3)C2)n1. The van der Waals surface area contributed by atoms with Crippen LogP contribution in [0.4, 0.5) is 0 Å². The number of amides is 2. The molecule has 3 heterocycles. The molecule has 0 radical (unpaired) electrons. The van der Waals surface area contributed by atoms with Gasteiger partial charge in [-0.15, -0.1) is 0 Å². The maximum atomic E-state index is 13.1. The van der Waals surface area contributed by atoms with Crippen LogP contribution in [0.25, 0.3) is 0 Å². The van der Waals surface area contributed by atoms with Crippen LogP contribution in [0.15, 0.2) is 23.2 Å². The summed E-state index contributed by atoms with van der Waals surface area (Å²) in [5.41, 5.74) is -0.829. The molecule has 1 atom stereocenters. The van der Waals surface area contributed by atoms with Gasteiger partial charge < -0.3 is 19.3 Å². The van der Waals surface area contributed by atoms with Gasteiger partial charge in [0.25, 0.3) is 0 Å². The van der Waals surface area contributed by atoms with Gasteiger partial charge in [0, 0.05) is 25.5 Å². The van der Waals surface area contributed by atoms with Crippen molar-refractivity contribution < 1.29 is 14.1 Å². The standard InChI is InChI=1S/C18H24N6O3/c1-13-21-15(27-22-13)9-16(25)23-7-2-5-18(11-23,24-8-6-19-12-24)17(26)20-10-14-3-4-14/h6,8,12,14H,2-5,7,9-11H2,1H3,(H,20,26). The highest BCUT2D eigenvalue weighted by molar-refractivity contribution is 5.86. The quantitative estimate of drug-likeness (QED) is 0.798. The lowest BCUT2D eigenvalue weighted by Gasteiger charge is -2.42. The van der Waals surface area contributed by atoms with E-state index in [0.29, 0.717) is 43.7 Å². The first kappa shape index (κ1) is 17.7. The molecule has 144 valence electrons. The number of nitrogens with zero attached hydrogens (tertiary/aromatic N) is 5. The number of likely N-dealkylation sites (tertiary alicyclic amines) is 1. The number of nitrogens with one attached hydrogen (secondary N) is 1. The molecule has 9 nitrogen and oxygen atoms in total. The van der Waals surface area contributed by atoms with Crippen molar-refractivity contribution in [3.05, 3.63) is 30.4 Å². The Morgan fingerprint density at radius 3 is 2.93 bits per heavy atom. The molecule has 1 unspecified atom stereocenters. The normalized spacial score (nSPS) is 22.6. The Morgan fingerprint density at radius 2 is 2.26 bits per heavy atom. The molecule has 2 amide bonds. The average molecular weight is 372 g/mol. The Balaban J connectivity index is 1.51. The van der Waals surface area contributed by atoms with E-state index in [1.807, 2.05) is 4.57 Å². The van der Waals surface area contributed by atoms with Crippen molar-refractivity contribution in [2.75, 3.05) is 19.6 Å². The number of aryl methyl sites for hydroxylation is 1. The van der Waals surface area contributed by atoms with Gasteiger partial charge in [-0.1, -0.05) is 5.16 Å². The highest BCUT2D eigenvalue weighted by Gasteiger charge is 2.45. The van der Waals surface area contributed by atoms with Gasteiger partial charge in [0.15, 0.2) is 5.82 Å². The van der Waals surface area contributed by atoms with Crippen LogP contribution in [0.2, 0.25) is 0 Å². The minimum atomic E-state index is -0.829. The summed E-state index contributed by atoms with van der Waals surface area (Å²) in [7, 11) is 0. The van der Waals surface area contributed by atoms with Crippen molar-refractivity contribution in [3.8, 4) is 0 Å². The van der Waals surface area contributed by atoms with E-state index in [0.717, 1.165) is 6.42 Å². The molecule has 1 saturated carbocycles. The molecule has 0 bridgehead atoms. The van der Waals surface area contributed by atoms with E-state index in [9.17, 15) is 9.59 Å². The third-order valence-corrected chi connectivity index (χ3v) is 5.37. The van der Waals surface area contributed by atoms with Crippen LogP contribution in [0.3, 0.4) is 0 Å². The third-order valence-electron chi connectivity index (χ3n) is 5.37. The Kier molecular flexibility index (Phi) is 4.67. The van der Waals surface area contributed by atoms with Crippen molar-refractivity contribution in [3.63, 3.8) is 0 Å². The van der Waals surface area contributed by atoms with Gasteiger partial charge in [0.05, 0.1) is 12.9 Å². The first-order valence-corrected chi connectivity index (χ1v) is 9.40. The molecular weight excluding hydrogens is 348 g/mol. The van der Waals surface area contributed by atoms with E-state index < -0.39 is 5.54 Å². The van der Waals surface area contributed by atoms with Gasteiger partial charge in [-0.05, 0) is 38.5 Å². The van der Waals surface area contributed by atoms with E-state index in [1.54, 1.807) is 30.5 Å². The molecule has 4 rings (SSSR count). The fraction of sp³-hybridized carbons (Fsp3) is 0.611. The third kappa shape index (κ3) is 3.72. The topological polar surface area (TPSA) is 106 Å². The number of carbonyl (C=O) groups is 2. The summed E-state index contributed by atoms with van der Waals surface area (Å²) >= 11 is 0. The summed E-state index contributed by atoms with van der Waals surface area (Å²) < 4.78 is 6.90. The number of imidazole rings is 1. The predicted molar refractivity (Wildman–Crippen MR) is 94.5 cm³/mol. The lowest BCUT2D eigenvalue weighted by molar-refractivity contribution is -0.140. The predicted octanol–water partition coefficient (Wildman–Crippen LogP) is 0.661. The number of aromatic nitrogens is 4. The maximum absolute atomic E-state index is 13.1. The molecule has 1 aliphatic heterocycles. The van der Waals surface area contributed by atoms with Crippen LogP contribution in [0, 0.1) is 12.8 Å². The van der Waals surface area contributed by atoms with Gasteiger partial charge in [-0.2, -0.15) is 4.98 Å². The van der Waals surface area contributed by atoms with E-state index in [4.69, 9.17) is 4.52 Å². The Morgan fingerprint density at radius 1 is 1.41 bits per heavy atom. The number of hydrogen-bond donors (Lipinski definition) is 1. The summed E-state index contributed by atoms with van der Waals surface area (Å²) in [6, 6.07) is 0. The molecule has 1 aliphatic carbocycles. The van der Waals surface area contributed by atoms with Gasteiger partial charge >= 0.3 is 0 Å². The zero-order valence-electron chi connectivity index (χ0n) is 15.4. The molecule has 0 spiro atoms. The molecule has 1 saturated heterocycles. The van der Waals surface area contributed by atoms with Crippen molar-refractivity contribution in [2.24, 2.45) is 5.92 Å². The second-order valence-electron chi connectivity index (χ2n) is 7.49. The van der Waals surface area contributed by atoms with E-state index in [-0.39, 0.29) is 18.2 Å². The zero-order valence-corrected chi connectivity index (χ0v) is 15.4. The molecule has 2 aromatic heterocycles. The highest BCUT2D eigenvalue weighted by Crippen LogP contribution is 2.31. The summed E-state index contributed by atoms with van der Waals surface area (Å²) in [6.45, 7) is 3.33. The molecule has 9 heteroatoms. The van der Waals surface area contributed by atoms with Gasteiger partial charge in [0.2, 0.25) is 17.7 Å². The van der Waals surface area contributed by atoms with E-state index in [1.165, 1.54) is 12.8 Å². The monoisotopic (exact) mass is 372 g/mol. The second kappa shape index (κ2) is 7.13. The summed E-state index contributed by atoms with van der Waals surface area (Å²) in [5.74, 6) is 1.24. The van der Waals surface area contributed by atoms with Crippen LogP contribution < -0.4 is 5.32 Å². The minimum Gasteiger partial charge on any atom is -0.354 e. The lowest BCUT2D eigenvalue weighted by atomic mass is 9.87. The van der Waals surface area contributed by atoms with Gasteiger partial charge in [-0.3, -0.25) is 9.59 Å². The highest BCUT2D eigenvalue weighted by atomic mass is 16.5. The molecule has 1 N–H and O–H groups in total. The summed E-state index contributed by atoms with van der Waals surface area (Å²) in [5, 5.41) is 6.82. The second-order valence-corrected chi connectivity index (χ2v) is 7.49. The molecule has 2 fully saturated rings. The fourth-order valence-corrected chi connectivity index (χ4v) is 3.65. The van der Waals surface area contributed by atoms with E-state index in [2.05, 4.69) is 20.4 Å². The molecule has 2 aliphatic rings. The molecular formula is C18H24N6O3. The van der Waals surface area contributed by atoms with Crippen molar-refractivity contribution >= 4 is 11.8 Å². The first-order valence-electron chi connectivity index (χ1n) is 9.40. The van der Waals surface area contributed by atoms with Gasteiger partial charge in [0.1, 0.15) is 12.0 Å². The largest absolute Gasteiger partial charge is 0.354 e. The number of carbonyl (C=O) groups excluding carboxylic acids is 2. The zero-order chi connectivity index (χ0) is 18.9. The molecule has 0 aromatic carbocycles. The number of rotatable bonds is 6. The summed E-state index contributed by atoms with van der Waals surface area (Å²) in [4.78, 5) is 35.9. The number of hydrogen-bond acceptors (Lipinski definition) is 6. The Hall–Kier alpha value is -2.71. The van der Waals surface area contributed by atoms with Crippen molar-refractivity contribution in [1.82, 2.24) is 29.9 Å². The smallest absolute Gasteiger partial charge is 0.248 e. The molecule has 2 aromatic rings. The lowest BCUT2D eigenvalue weighted by Crippen LogP contribution is -2.59. The van der Waals surface area contributed by atoms with Gasteiger partial charge in [-0.25, -0.2) is 4.98 Å². The first-order chi connectivity index (χ1) is 13.1. The maximum Gasteiger partial charge on any atom is 0.248 e. The van der Waals surface area contributed by atoms with Crippen LogP contribution >= 0.6 is 0 Å².